The number of carbonyl (C=O) groups is 2. The van der Waals surface area contributed by atoms with E-state index in [1.807, 2.05) is 0 Å². The molecule has 0 saturated heterocycles. The molecule has 20 heavy (non-hydrogen) atoms. The van der Waals surface area contributed by atoms with Crippen LogP contribution in [0.25, 0.3) is 0 Å². The lowest BCUT2D eigenvalue weighted by atomic mass is 9.84. The van der Waals surface area contributed by atoms with E-state index in [0.717, 1.165) is 12.8 Å². The van der Waals surface area contributed by atoms with Crippen LogP contribution in [-0.2, 0) is 4.79 Å². The van der Waals surface area contributed by atoms with E-state index in [4.69, 9.17) is 0 Å². The van der Waals surface area contributed by atoms with Gasteiger partial charge in [-0.05, 0) is 43.5 Å². The van der Waals surface area contributed by atoms with Crippen LogP contribution in [0.5, 0.6) is 0 Å². The molecule has 1 aliphatic rings. The SMILES string of the molecule is Cc1cc(C(=O)NC2CCCCC2C(=O)O)ccc1F. The van der Waals surface area contributed by atoms with Crippen molar-refractivity contribution in [1.82, 2.24) is 5.32 Å². The normalized spacial score (nSPS) is 22.3. The molecular weight excluding hydrogens is 261 g/mol. The molecule has 0 aromatic heterocycles. The third-order valence-corrected chi connectivity index (χ3v) is 3.82. The van der Waals surface area contributed by atoms with Gasteiger partial charge in [0.25, 0.3) is 5.91 Å². The Balaban J connectivity index is 2.09. The van der Waals surface area contributed by atoms with Crippen LogP contribution in [0, 0.1) is 18.7 Å². The molecule has 2 unspecified atom stereocenters. The number of carboxylic acid groups (broad SMARTS) is 1. The summed E-state index contributed by atoms with van der Waals surface area (Å²) in [5, 5.41) is 11.9. The van der Waals surface area contributed by atoms with Crippen molar-refractivity contribution in [2.24, 2.45) is 5.92 Å². The highest BCUT2D eigenvalue weighted by Crippen LogP contribution is 2.25. The van der Waals surface area contributed by atoms with Gasteiger partial charge in [0.05, 0.1) is 5.92 Å². The summed E-state index contributed by atoms with van der Waals surface area (Å²) in [5.74, 6) is -2.10. The number of rotatable bonds is 3. The molecular formula is C15H18FNO3. The predicted octanol–water partition coefficient (Wildman–Crippen LogP) is 2.51. The van der Waals surface area contributed by atoms with Crippen LogP contribution in [0.1, 0.15) is 41.6 Å². The molecule has 1 saturated carbocycles. The zero-order chi connectivity index (χ0) is 14.7. The molecule has 2 atom stereocenters. The molecule has 2 rings (SSSR count). The van der Waals surface area contributed by atoms with Gasteiger partial charge in [0.1, 0.15) is 5.82 Å². The largest absolute Gasteiger partial charge is 0.481 e. The highest BCUT2D eigenvalue weighted by Gasteiger charge is 2.31. The van der Waals surface area contributed by atoms with E-state index >= 15 is 0 Å². The Kier molecular flexibility index (Phi) is 4.37. The molecule has 0 aliphatic heterocycles. The minimum absolute atomic E-state index is 0.341. The first-order valence-electron chi connectivity index (χ1n) is 6.79. The summed E-state index contributed by atoms with van der Waals surface area (Å²) in [6.45, 7) is 1.59. The van der Waals surface area contributed by atoms with E-state index in [0.29, 0.717) is 24.0 Å². The average Bonchev–Trinajstić information content (AvgIpc) is 2.42. The second-order valence-electron chi connectivity index (χ2n) is 5.27. The summed E-state index contributed by atoms with van der Waals surface area (Å²) >= 11 is 0. The molecule has 0 radical (unpaired) electrons. The lowest BCUT2D eigenvalue weighted by Gasteiger charge is -2.29. The third kappa shape index (κ3) is 3.15. The highest BCUT2D eigenvalue weighted by molar-refractivity contribution is 5.94. The number of amides is 1. The quantitative estimate of drug-likeness (QED) is 0.893. The van der Waals surface area contributed by atoms with Crippen LogP contribution in [0.2, 0.25) is 0 Å². The summed E-state index contributed by atoms with van der Waals surface area (Å²) in [7, 11) is 0. The first-order chi connectivity index (χ1) is 9.49. The van der Waals surface area contributed by atoms with E-state index in [9.17, 15) is 19.1 Å². The van der Waals surface area contributed by atoms with Crippen molar-refractivity contribution in [2.45, 2.75) is 38.6 Å². The second kappa shape index (κ2) is 6.03. The van der Waals surface area contributed by atoms with Gasteiger partial charge in [0, 0.05) is 11.6 Å². The van der Waals surface area contributed by atoms with Crippen molar-refractivity contribution in [1.29, 1.82) is 0 Å². The van der Waals surface area contributed by atoms with Gasteiger partial charge in [0.15, 0.2) is 0 Å². The third-order valence-electron chi connectivity index (χ3n) is 3.82. The van der Waals surface area contributed by atoms with E-state index < -0.39 is 11.9 Å². The maximum absolute atomic E-state index is 13.2. The van der Waals surface area contributed by atoms with E-state index in [1.165, 1.54) is 18.2 Å². The van der Waals surface area contributed by atoms with Gasteiger partial charge in [-0.3, -0.25) is 9.59 Å². The smallest absolute Gasteiger partial charge is 0.308 e. The van der Waals surface area contributed by atoms with Gasteiger partial charge in [-0.15, -0.1) is 0 Å². The molecule has 1 aromatic rings. The van der Waals surface area contributed by atoms with Crippen LogP contribution in [-0.4, -0.2) is 23.0 Å². The van der Waals surface area contributed by atoms with Crippen LogP contribution >= 0.6 is 0 Å². The van der Waals surface area contributed by atoms with Gasteiger partial charge in [-0.2, -0.15) is 0 Å². The number of carboxylic acids is 1. The number of aliphatic carboxylic acids is 1. The number of benzene rings is 1. The van der Waals surface area contributed by atoms with Crippen LogP contribution < -0.4 is 5.32 Å². The van der Waals surface area contributed by atoms with Crippen molar-refractivity contribution in [3.63, 3.8) is 0 Å². The topological polar surface area (TPSA) is 66.4 Å². The fourth-order valence-electron chi connectivity index (χ4n) is 2.64. The molecule has 1 aromatic carbocycles. The number of halogens is 1. The summed E-state index contributed by atoms with van der Waals surface area (Å²) < 4.78 is 13.2. The van der Waals surface area contributed by atoms with E-state index in [-0.39, 0.29) is 17.8 Å². The van der Waals surface area contributed by atoms with Crippen molar-refractivity contribution in [3.8, 4) is 0 Å². The fourth-order valence-corrected chi connectivity index (χ4v) is 2.64. The lowest BCUT2D eigenvalue weighted by molar-refractivity contribution is -0.143. The molecule has 108 valence electrons. The molecule has 2 N–H and O–H groups in total. The van der Waals surface area contributed by atoms with Crippen LogP contribution in [0.15, 0.2) is 18.2 Å². The number of nitrogens with one attached hydrogen (secondary N) is 1. The molecule has 1 aliphatic carbocycles. The van der Waals surface area contributed by atoms with Crippen LogP contribution in [0.4, 0.5) is 4.39 Å². The number of hydrogen-bond donors (Lipinski definition) is 2. The molecule has 1 amide bonds. The predicted molar refractivity (Wildman–Crippen MR) is 72.0 cm³/mol. The fraction of sp³-hybridized carbons (Fsp3) is 0.467. The monoisotopic (exact) mass is 279 g/mol. The van der Waals surface area contributed by atoms with Gasteiger partial charge in [-0.25, -0.2) is 4.39 Å². The maximum Gasteiger partial charge on any atom is 0.308 e. The summed E-state index contributed by atoms with van der Waals surface area (Å²) in [6.07, 6.45) is 3.04. The first kappa shape index (κ1) is 14.5. The van der Waals surface area contributed by atoms with E-state index in [1.54, 1.807) is 6.92 Å². The summed E-state index contributed by atoms with van der Waals surface area (Å²) in [4.78, 5) is 23.3. The Hall–Kier alpha value is -1.91. The maximum atomic E-state index is 13.2. The van der Waals surface area contributed by atoms with Gasteiger partial charge >= 0.3 is 5.97 Å². The zero-order valence-corrected chi connectivity index (χ0v) is 11.4. The number of carbonyl (C=O) groups excluding carboxylic acids is 1. The molecule has 5 heteroatoms. The lowest BCUT2D eigenvalue weighted by Crippen LogP contribution is -2.45. The minimum atomic E-state index is -0.870. The Bertz CT molecular complexity index is 530. The van der Waals surface area contributed by atoms with Gasteiger partial charge < -0.3 is 10.4 Å². The van der Waals surface area contributed by atoms with Crippen LogP contribution in [0.3, 0.4) is 0 Å². The standard InChI is InChI=1S/C15H18FNO3/c1-9-8-10(6-7-12(9)16)14(18)17-13-5-3-2-4-11(13)15(19)20/h6-8,11,13H,2-5H2,1H3,(H,17,18)(H,19,20). The Morgan fingerprint density at radius 1 is 1.30 bits per heavy atom. The van der Waals surface area contributed by atoms with Crippen molar-refractivity contribution in [2.75, 3.05) is 0 Å². The second-order valence-corrected chi connectivity index (χ2v) is 5.27. The van der Waals surface area contributed by atoms with Crippen molar-refractivity contribution < 1.29 is 19.1 Å². The van der Waals surface area contributed by atoms with Gasteiger partial charge in [-0.1, -0.05) is 12.8 Å². The Morgan fingerprint density at radius 3 is 2.65 bits per heavy atom. The number of hydrogen-bond acceptors (Lipinski definition) is 2. The Morgan fingerprint density at radius 2 is 2.00 bits per heavy atom. The molecule has 0 spiro atoms. The van der Waals surface area contributed by atoms with Crippen molar-refractivity contribution in [3.05, 3.63) is 35.1 Å². The molecule has 4 nitrogen and oxygen atoms in total. The molecule has 1 fully saturated rings. The summed E-state index contributed by atoms with van der Waals surface area (Å²) in [5.41, 5.74) is 0.759. The van der Waals surface area contributed by atoms with Gasteiger partial charge in [0.2, 0.25) is 0 Å². The molecule has 0 bridgehead atoms. The van der Waals surface area contributed by atoms with E-state index in [2.05, 4.69) is 5.32 Å². The molecule has 0 heterocycles. The number of aryl methyl sites for hydroxylation is 1. The first-order valence-corrected chi connectivity index (χ1v) is 6.79. The Labute approximate surface area is 117 Å². The minimum Gasteiger partial charge on any atom is -0.481 e. The summed E-state index contributed by atoms with van der Waals surface area (Å²) in [6, 6.07) is 3.79. The zero-order valence-electron chi connectivity index (χ0n) is 11.4. The van der Waals surface area contributed by atoms with Crippen molar-refractivity contribution >= 4 is 11.9 Å². The highest BCUT2D eigenvalue weighted by atomic mass is 19.1. The average molecular weight is 279 g/mol.